The van der Waals surface area contributed by atoms with Crippen molar-refractivity contribution in [3.05, 3.63) is 35.4 Å². The molecule has 0 bridgehead atoms. The van der Waals surface area contributed by atoms with Crippen LogP contribution in [0, 0.1) is 12.8 Å². The maximum atomic E-state index is 6.21. The van der Waals surface area contributed by atoms with Crippen molar-refractivity contribution >= 4 is 5.96 Å². The summed E-state index contributed by atoms with van der Waals surface area (Å²) in [4.78, 5) is 7.48. The van der Waals surface area contributed by atoms with Gasteiger partial charge in [-0.05, 0) is 57.9 Å². The Kier molecular flexibility index (Phi) is 8.83. The maximum absolute atomic E-state index is 6.21. The van der Waals surface area contributed by atoms with Gasteiger partial charge in [-0.2, -0.15) is 0 Å². The molecule has 6 nitrogen and oxygen atoms in total. The van der Waals surface area contributed by atoms with Crippen molar-refractivity contribution in [2.24, 2.45) is 10.9 Å². The van der Waals surface area contributed by atoms with Crippen molar-refractivity contribution in [1.82, 2.24) is 10.2 Å². The average Bonchev–Trinajstić information content (AvgIpc) is 3.35. The Labute approximate surface area is 193 Å². The molecule has 0 spiro atoms. The normalized spacial score (nSPS) is 27.6. The summed E-state index contributed by atoms with van der Waals surface area (Å²) >= 11 is 0. The van der Waals surface area contributed by atoms with Crippen LogP contribution in [-0.4, -0.2) is 69.1 Å². The highest BCUT2D eigenvalue weighted by molar-refractivity contribution is 5.80. The van der Waals surface area contributed by atoms with Gasteiger partial charge in [-0.25, -0.2) is 0 Å². The van der Waals surface area contributed by atoms with E-state index in [1.54, 1.807) is 0 Å². The lowest BCUT2D eigenvalue weighted by atomic mass is 9.89. The zero-order valence-electron chi connectivity index (χ0n) is 19.9. The number of hydrogen-bond donors (Lipinski definition) is 1. The minimum Gasteiger partial charge on any atom is -0.376 e. The zero-order valence-corrected chi connectivity index (χ0v) is 19.9. The number of aliphatic imine (C=N–C) groups is 1. The molecule has 4 rings (SSSR count). The summed E-state index contributed by atoms with van der Waals surface area (Å²) in [6.07, 6.45) is 7.50. The smallest absolute Gasteiger partial charge is 0.193 e. The first-order chi connectivity index (χ1) is 15.7. The minimum atomic E-state index is 0.146. The lowest BCUT2D eigenvalue weighted by Crippen LogP contribution is -2.47. The molecule has 32 heavy (non-hydrogen) atoms. The lowest BCUT2D eigenvalue weighted by molar-refractivity contribution is -0.0368. The largest absolute Gasteiger partial charge is 0.376 e. The van der Waals surface area contributed by atoms with Crippen LogP contribution in [0.5, 0.6) is 0 Å². The van der Waals surface area contributed by atoms with Crippen LogP contribution >= 0.6 is 0 Å². The van der Waals surface area contributed by atoms with Gasteiger partial charge in [-0.1, -0.05) is 29.8 Å². The molecule has 1 N–H and O–H groups in total. The van der Waals surface area contributed by atoms with E-state index in [-0.39, 0.29) is 6.10 Å². The van der Waals surface area contributed by atoms with Crippen LogP contribution in [0.3, 0.4) is 0 Å². The number of nitrogens with zero attached hydrogens (tertiary/aromatic N) is 2. The first-order valence-electron chi connectivity index (χ1n) is 12.7. The van der Waals surface area contributed by atoms with Gasteiger partial charge in [0.2, 0.25) is 0 Å². The molecule has 0 saturated carbocycles. The number of nitrogens with one attached hydrogen (secondary N) is 1. The van der Waals surface area contributed by atoms with Crippen LogP contribution in [0.2, 0.25) is 0 Å². The fourth-order valence-electron chi connectivity index (χ4n) is 5.04. The predicted octanol–water partition coefficient (Wildman–Crippen LogP) is 4.09. The summed E-state index contributed by atoms with van der Waals surface area (Å²) in [5.74, 6) is 1.46. The third-order valence-electron chi connectivity index (χ3n) is 6.94. The fourth-order valence-corrected chi connectivity index (χ4v) is 5.04. The second-order valence-corrected chi connectivity index (χ2v) is 9.45. The van der Waals surface area contributed by atoms with Crippen LogP contribution < -0.4 is 5.32 Å². The standard InChI is InChI=1S/C26H41N3O3/c1-3-27-26(29-14-12-23(13-15-29)32-19-24-7-5-16-30-24)28-18-22-6-4-17-31-25(22)21-10-8-20(2)9-11-21/h8-11,22-25H,3-7,12-19H2,1-2H3,(H,27,28). The molecule has 3 saturated heterocycles. The maximum Gasteiger partial charge on any atom is 0.193 e. The molecule has 6 heteroatoms. The van der Waals surface area contributed by atoms with Crippen molar-refractivity contribution in [3.8, 4) is 0 Å². The topological polar surface area (TPSA) is 55.3 Å². The number of hydrogen-bond acceptors (Lipinski definition) is 4. The molecular weight excluding hydrogens is 402 g/mol. The van der Waals surface area contributed by atoms with Gasteiger partial charge in [0, 0.05) is 45.3 Å². The molecular formula is C26H41N3O3. The second-order valence-electron chi connectivity index (χ2n) is 9.45. The average molecular weight is 444 g/mol. The Morgan fingerprint density at radius 3 is 2.53 bits per heavy atom. The van der Waals surface area contributed by atoms with Gasteiger partial charge in [-0.15, -0.1) is 0 Å². The van der Waals surface area contributed by atoms with Crippen LogP contribution in [0.1, 0.15) is 62.7 Å². The number of piperidine rings is 1. The fraction of sp³-hybridized carbons (Fsp3) is 0.731. The van der Waals surface area contributed by atoms with Gasteiger partial charge >= 0.3 is 0 Å². The minimum absolute atomic E-state index is 0.146. The molecule has 178 valence electrons. The molecule has 0 radical (unpaired) electrons. The first-order valence-corrected chi connectivity index (χ1v) is 12.7. The molecule has 1 aromatic carbocycles. The Hall–Kier alpha value is -1.63. The van der Waals surface area contributed by atoms with E-state index >= 15 is 0 Å². The highest BCUT2D eigenvalue weighted by Crippen LogP contribution is 2.34. The second kappa shape index (κ2) is 12.0. The molecule has 3 fully saturated rings. The summed E-state index contributed by atoms with van der Waals surface area (Å²) in [5, 5.41) is 3.52. The summed E-state index contributed by atoms with van der Waals surface area (Å²) in [7, 11) is 0. The highest BCUT2D eigenvalue weighted by atomic mass is 16.5. The van der Waals surface area contributed by atoms with E-state index in [2.05, 4.69) is 48.3 Å². The molecule has 3 aliphatic heterocycles. The van der Waals surface area contributed by atoms with Gasteiger partial charge in [0.25, 0.3) is 0 Å². The third-order valence-corrected chi connectivity index (χ3v) is 6.94. The molecule has 0 aromatic heterocycles. The van der Waals surface area contributed by atoms with Crippen LogP contribution in [0.15, 0.2) is 29.3 Å². The van der Waals surface area contributed by atoms with Crippen molar-refractivity contribution in [3.63, 3.8) is 0 Å². The van der Waals surface area contributed by atoms with Crippen molar-refractivity contribution in [2.45, 2.75) is 70.7 Å². The van der Waals surface area contributed by atoms with Crippen LogP contribution in [0.25, 0.3) is 0 Å². The van der Waals surface area contributed by atoms with E-state index in [1.165, 1.54) is 24.0 Å². The highest BCUT2D eigenvalue weighted by Gasteiger charge is 2.28. The number of guanidine groups is 1. The van der Waals surface area contributed by atoms with Gasteiger partial charge in [0.1, 0.15) is 0 Å². The predicted molar refractivity (Wildman–Crippen MR) is 128 cm³/mol. The Balaban J connectivity index is 1.31. The number of benzene rings is 1. The molecule has 0 aliphatic carbocycles. The molecule has 1 aromatic rings. The van der Waals surface area contributed by atoms with E-state index < -0.39 is 0 Å². The summed E-state index contributed by atoms with van der Waals surface area (Å²) in [5.41, 5.74) is 2.57. The Bertz CT molecular complexity index is 710. The summed E-state index contributed by atoms with van der Waals surface area (Å²) in [6.45, 7) is 10.4. The van der Waals surface area contributed by atoms with Gasteiger partial charge < -0.3 is 24.4 Å². The van der Waals surface area contributed by atoms with Gasteiger partial charge in [0.05, 0.1) is 24.9 Å². The Morgan fingerprint density at radius 1 is 1.06 bits per heavy atom. The third kappa shape index (κ3) is 6.46. The monoisotopic (exact) mass is 443 g/mol. The molecule has 3 aliphatic rings. The summed E-state index contributed by atoms with van der Waals surface area (Å²) < 4.78 is 18.1. The molecule has 0 amide bonds. The van der Waals surface area contributed by atoms with Gasteiger partial charge in [0.15, 0.2) is 5.96 Å². The van der Waals surface area contributed by atoms with Crippen molar-refractivity contribution < 1.29 is 14.2 Å². The molecule has 3 atom stereocenters. The van der Waals surface area contributed by atoms with E-state index in [4.69, 9.17) is 19.2 Å². The quantitative estimate of drug-likeness (QED) is 0.508. The number of likely N-dealkylation sites (tertiary alicyclic amines) is 1. The number of rotatable bonds is 7. The van der Waals surface area contributed by atoms with Crippen LogP contribution in [0.4, 0.5) is 0 Å². The Morgan fingerprint density at radius 2 is 1.81 bits per heavy atom. The zero-order chi connectivity index (χ0) is 22.2. The number of ether oxygens (including phenoxy) is 3. The van der Waals surface area contributed by atoms with E-state index in [9.17, 15) is 0 Å². The lowest BCUT2D eigenvalue weighted by Gasteiger charge is -2.35. The van der Waals surface area contributed by atoms with E-state index in [0.29, 0.717) is 18.1 Å². The van der Waals surface area contributed by atoms with E-state index in [1.807, 2.05) is 0 Å². The first kappa shape index (κ1) is 23.5. The van der Waals surface area contributed by atoms with Gasteiger partial charge in [-0.3, -0.25) is 4.99 Å². The summed E-state index contributed by atoms with van der Waals surface area (Å²) in [6, 6.07) is 8.80. The van der Waals surface area contributed by atoms with Crippen molar-refractivity contribution in [1.29, 1.82) is 0 Å². The van der Waals surface area contributed by atoms with E-state index in [0.717, 1.165) is 77.6 Å². The van der Waals surface area contributed by atoms with Crippen molar-refractivity contribution in [2.75, 3.05) is 46.0 Å². The van der Waals surface area contributed by atoms with Crippen LogP contribution in [-0.2, 0) is 14.2 Å². The number of aryl methyl sites for hydroxylation is 1. The molecule has 3 unspecified atom stereocenters. The molecule has 3 heterocycles. The SMILES string of the molecule is CCNC(=NCC1CCCOC1c1ccc(C)cc1)N1CCC(OCC2CCCO2)CC1.